The molecule has 0 aliphatic heterocycles. The molecule has 2 aromatic rings. The van der Waals surface area contributed by atoms with Crippen molar-refractivity contribution in [2.45, 2.75) is 31.9 Å². The van der Waals surface area contributed by atoms with E-state index in [4.69, 9.17) is 4.55 Å². The van der Waals surface area contributed by atoms with E-state index in [1.54, 1.807) is 6.07 Å². The van der Waals surface area contributed by atoms with Crippen LogP contribution in [0.4, 0.5) is 4.39 Å². The van der Waals surface area contributed by atoms with Gasteiger partial charge in [-0.25, -0.2) is 8.60 Å². The normalized spacial score (nSPS) is 15.8. The van der Waals surface area contributed by atoms with Crippen molar-refractivity contribution in [1.82, 2.24) is 0 Å². The first-order chi connectivity index (χ1) is 11.5. The first kappa shape index (κ1) is 17.5. The predicted molar refractivity (Wildman–Crippen MR) is 100 cm³/mol. The summed E-state index contributed by atoms with van der Waals surface area (Å²) in [6, 6.07) is 11.3. The molecule has 0 radical (unpaired) electrons. The zero-order chi connectivity index (χ0) is 17.3. The molecule has 2 aromatic carbocycles. The van der Waals surface area contributed by atoms with Gasteiger partial charge >= 0.3 is 0 Å². The summed E-state index contributed by atoms with van der Waals surface area (Å²) in [5.74, 6) is -0.595. The Kier molecular flexibility index (Phi) is 5.33. The smallest absolute Gasteiger partial charge is 0.157 e. The van der Waals surface area contributed by atoms with Crippen LogP contribution in [0, 0.1) is 12.7 Å². The molecule has 3 rings (SSSR count). The Morgan fingerprint density at radius 3 is 2.33 bits per heavy atom. The van der Waals surface area contributed by atoms with Crippen LogP contribution in [0.5, 0.6) is 0 Å². The first-order valence-corrected chi connectivity index (χ1v) is 9.87. The van der Waals surface area contributed by atoms with Gasteiger partial charge < -0.3 is 4.55 Å². The van der Waals surface area contributed by atoms with Crippen molar-refractivity contribution in [2.75, 3.05) is 0 Å². The maximum Gasteiger partial charge on any atom is 0.157 e. The van der Waals surface area contributed by atoms with E-state index in [0.717, 1.165) is 29.3 Å². The second-order valence-electron chi connectivity index (χ2n) is 6.05. The molecule has 0 bridgehead atoms. The Morgan fingerprint density at radius 1 is 1.12 bits per heavy atom. The van der Waals surface area contributed by atoms with Gasteiger partial charge in [0.05, 0.1) is 5.75 Å². The lowest BCUT2D eigenvalue weighted by molar-refractivity contribution is 0.559. The van der Waals surface area contributed by atoms with E-state index >= 15 is 0 Å². The molecule has 1 N–H and O–H groups in total. The van der Waals surface area contributed by atoms with E-state index in [1.807, 2.05) is 6.07 Å². The Bertz CT molecular complexity index is 845. The van der Waals surface area contributed by atoms with E-state index in [2.05, 4.69) is 41.1 Å². The lowest BCUT2D eigenvalue weighted by Gasteiger charge is -2.11. The lowest BCUT2D eigenvalue weighted by atomic mass is 9.96. The average Bonchev–Trinajstić information content (AvgIpc) is 3.01. The van der Waals surface area contributed by atoms with Gasteiger partial charge in [0, 0.05) is 10.0 Å². The third-order valence-electron chi connectivity index (χ3n) is 4.42. The molecule has 2 nitrogen and oxygen atoms in total. The fourth-order valence-corrected chi connectivity index (χ4v) is 4.03. The van der Waals surface area contributed by atoms with Gasteiger partial charge in [-0.05, 0) is 66.2 Å². The predicted octanol–water partition coefficient (Wildman–Crippen LogP) is 5.71. The van der Waals surface area contributed by atoms with Crippen LogP contribution in [0.2, 0.25) is 0 Å². The fraction of sp³-hybridized carbons (Fsp3) is 0.263. The molecule has 0 saturated heterocycles. The van der Waals surface area contributed by atoms with Crippen molar-refractivity contribution in [1.29, 1.82) is 0 Å². The van der Waals surface area contributed by atoms with Gasteiger partial charge in [-0.2, -0.15) is 0 Å². The van der Waals surface area contributed by atoms with Gasteiger partial charge in [0.2, 0.25) is 0 Å². The van der Waals surface area contributed by atoms with E-state index < -0.39 is 16.9 Å². The number of allylic oxidation sites excluding steroid dienone is 2. The molecule has 0 heterocycles. The average molecular weight is 409 g/mol. The monoisotopic (exact) mass is 408 g/mol. The number of halogens is 2. The van der Waals surface area contributed by atoms with Crippen LogP contribution < -0.4 is 0 Å². The van der Waals surface area contributed by atoms with Crippen LogP contribution in [0.25, 0.3) is 11.1 Å². The van der Waals surface area contributed by atoms with Gasteiger partial charge in [-0.3, -0.25) is 0 Å². The quantitative estimate of drug-likeness (QED) is 0.657. The molecule has 0 spiro atoms. The number of aryl methyl sites for hydroxylation is 1. The summed E-state index contributed by atoms with van der Waals surface area (Å²) in [6.07, 6.45) is 2.96. The van der Waals surface area contributed by atoms with Crippen LogP contribution in [0.3, 0.4) is 0 Å². The minimum atomic E-state index is -2.03. The van der Waals surface area contributed by atoms with Crippen molar-refractivity contribution < 1.29 is 13.2 Å². The van der Waals surface area contributed by atoms with Crippen molar-refractivity contribution in [2.24, 2.45) is 0 Å². The number of benzene rings is 2. The summed E-state index contributed by atoms with van der Waals surface area (Å²) >= 11 is 1.54. The van der Waals surface area contributed by atoms with Gasteiger partial charge in [0.1, 0.15) is 5.82 Å². The maximum absolute atomic E-state index is 14.2. The maximum atomic E-state index is 14.2. The molecule has 0 amide bonds. The van der Waals surface area contributed by atoms with Crippen LogP contribution in [0.15, 0.2) is 40.9 Å². The molecule has 1 unspecified atom stereocenters. The summed E-state index contributed by atoms with van der Waals surface area (Å²) < 4.78 is 35.1. The Balaban J connectivity index is 2.01. The van der Waals surface area contributed by atoms with Gasteiger partial charge in [-0.15, -0.1) is 0 Å². The summed E-state index contributed by atoms with van der Waals surface area (Å²) in [5, 5.41) is 0. The van der Waals surface area contributed by atoms with Crippen LogP contribution in [-0.2, 0) is 16.8 Å². The van der Waals surface area contributed by atoms with Crippen LogP contribution in [-0.4, -0.2) is 8.76 Å². The minimum absolute atomic E-state index is 0.178. The Morgan fingerprint density at radius 2 is 1.75 bits per heavy atom. The van der Waals surface area contributed by atoms with Crippen molar-refractivity contribution in [3.05, 3.63) is 68.9 Å². The summed E-state index contributed by atoms with van der Waals surface area (Å²) in [5.41, 5.74) is 5.92. The lowest BCUT2D eigenvalue weighted by Crippen LogP contribution is -1.98. The third kappa shape index (κ3) is 3.68. The van der Waals surface area contributed by atoms with E-state index in [1.165, 1.54) is 28.3 Å². The standard InChI is InChI=1S/C19H18BrFO2S/c1-12-5-6-13(9-18(12)20)16-3-2-4-17(16)14-7-8-15(11-24(22)23)19(21)10-14/h5-10H,2-4,11H2,1H3,(H,22,23). The molecule has 0 saturated carbocycles. The van der Waals surface area contributed by atoms with Crippen molar-refractivity contribution in [3.8, 4) is 0 Å². The SMILES string of the molecule is Cc1ccc(C2=C(c3ccc(CS(=O)O)c(F)c3)CCC2)cc1Br. The molecule has 24 heavy (non-hydrogen) atoms. The second kappa shape index (κ2) is 7.30. The summed E-state index contributed by atoms with van der Waals surface area (Å²) in [4.78, 5) is 0. The first-order valence-electron chi connectivity index (χ1n) is 7.80. The van der Waals surface area contributed by atoms with E-state index in [9.17, 15) is 8.60 Å². The van der Waals surface area contributed by atoms with E-state index in [-0.39, 0.29) is 11.3 Å². The molecule has 1 atom stereocenters. The number of rotatable bonds is 4. The Labute approximate surface area is 152 Å². The molecular weight excluding hydrogens is 391 g/mol. The highest BCUT2D eigenvalue weighted by molar-refractivity contribution is 9.10. The van der Waals surface area contributed by atoms with Gasteiger partial charge in [0.15, 0.2) is 11.1 Å². The summed E-state index contributed by atoms with van der Waals surface area (Å²) in [7, 11) is 0. The summed E-state index contributed by atoms with van der Waals surface area (Å²) in [6.45, 7) is 2.05. The molecule has 1 aliphatic rings. The van der Waals surface area contributed by atoms with Gasteiger partial charge in [-0.1, -0.05) is 40.2 Å². The molecule has 126 valence electrons. The molecular formula is C19H18BrFO2S. The highest BCUT2D eigenvalue weighted by atomic mass is 79.9. The minimum Gasteiger partial charge on any atom is -0.306 e. The number of hydrogen-bond donors (Lipinski definition) is 1. The highest BCUT2D eigenvalue weighted by Gasteiger charge is 2.19. The van der Waals surface area contributed by atoms with Crippen molar-refractivity contribution in [3.63, 3.8) is 0 Å². The molecule has 5 heteroatoms. The number of hydrogen-bond acceptors (Lipinski definition) is 1. The topological polar surface area (TPSA) is 37.3 Å². The zero-order valence-corrected chi connectivity index (χ0v) is 15.7. The zero-order valence-electron chi connectivity index (χ0n) is 13.3. The fourth-order valence-electron chi connectivity index (χ4n) is 3.15. The van der Waals surface area contributed by atoms with Crippen LogP contribution in [0.1, 0.15) is 41.5 Å². The van der Waals surface area contributed by atoms with E-state index in [0.29, 0.717) is 0 Å². The van der Waals surface area contributed by atoms with Gasteiger partial charge in [0.25, 0.3) is 0 Å². The highest BCUT2D eigenvalue weighted by Crippen LogP contribution is 2.40. The second-order valence-corrected chi connectivity index (χ2v) is 7.83. The van der Waals surface area contributed by atoms with Crippen LogP contribution >= 0.6 is 15.9 Å². The molecule has 0 fully saturated rings. The molecule has 1 aliphatic carbocycles. The third-order valence-corrected chi connectivity index (χ3v) is 5.83. The largest absolute Gasteiger partial charge is 0.306 e. The Hall–Kier alpha value is -1.30. The van der Waals surface area contributed by atoms with Crippen molar-refractivity contribution >= 4 is 38.2 Å². The molecule has 0 aromatic heterocycles.